The third-order valence-corrected chi connectivity index (χ3v) is 5.77. The highest BCUT2D eigenvalue weighted by molar-refractivity contribution is 5.93. The van der Waals surface area contributed by atoms with E-state index in [-0.39, 0.29) is 12.2 Å². The van der Waals surface area contributed by atoms with Crippen molar-refractivity contribution in [2.45, 2.75) is 26.1 Å². The second kappa shape index (κ2) is 8.39. The van der Waals surface area contributed by atoms with Gasteiger partial charge in [0.25, 0.3) is 0 Å². The molecule has 0 amide bonds. The van der Waals surface area contributed by atoms with Gasteiger partial charge in [0.2, 0.25) is 0 Å². The molecular formula is C21H28N6O. The number of likely N-dealkylation sites (N-methyl/N-ethyl adjacent to an activating group) is 1. The summed E-state index contributed by atoms with van der Waals surface area (Å²) in [5.74, 6) is 0. The van der Waals surface area contributed by atoms with E-state index in [2.05, 4.69) is 44.6 Å². The summed E-state index contributed by atoms with van der Waals surface area (Å²) >= 11 is 0. The number of anilines is 1. The Bertz CT molecular complexity index is 858. The Morgan fingerprint density at radius 1 is 1.18 bits per heavy atom. The SMILES string of the molecule is CCN1CCN(C[C@H]2CN(c3cnc(C#N)c4ncccc34)C[C@@H](C)O2)CC1. The van der Waals surface area contributed by atoms with E-state index in [4.69, 9.17) is 4.74 Å². The predicted octanol–water partition coefficient (Wildman–Crippen LogP) is 1.73. The van der Waals surface area contributed by atoms with Crippen molar-refractivity contribution in [3.63, 3.8) is 0 Å². The van der Waals surface area contributed by atoms with E-state index in [1.165, 1.54) is 0 Å². The molecule has 0 saturated carbocycles. The van der Waals surface area contributed by atoms with Gasteiger partial charge in [-0.2, -0.15) is 5.26 Å². The number of fused-ring (bicyclic) bond motifs is 1. The molecule has 0 aliphatic carbocycles. The zero-order valence-electron chi connectivity index (χ0n) is 16.7. The summed E-state index contributed by atoms with van der Waals surface area (Å²) in [7, 11) is 0. The number of aromatic nitrogens is 2. The number of nitriles is 1. The summed E-state index contributed by atoms with van der Waals surface area (Å²) < 4.78 is 6.27. The summed E-state index contributed by atoms with van der Waals surface area (Å²) in [4.78, 5) is 16.1. The van der Waals surface area contributed by atoms with E-state index < -0.39 is 0 Å². The van der Waals surface area contributed by atoms with Gasteiger partial charge in [0.1, 0.15) is 11.6 Å². The Balaban J connectivity index is 1.51. The van der Waals surface area contributed by atoms with Crippen molar-refractivity contribution >= 4 is 16.6 Å². The Kier molecular flexibility index (Phi) is 5.72. The zero-order valence-corrected chi connectivity index (χ0v) is 16.7. The Morgan fingerprint density at radius 2 is 1.96 bits per heavy atom. The summed E-state index contributed by atoms with van der Waals surface area (Å²) in [6.07, 6.45) is 3.85. The van der Waals surface area contributed by atoms with Gasteiger partial charge in [0, 0.05) is 57.4 Å². The molecule has 148 valence electrons. The van der Waals surface area contributed by atoms with Crippen LogP contribution in [0.15, 0.2) is 24.5 Å². The lowest BCUT2D eigenvalue weighted by atomic mass is 10.1. The fourth-order valence-electron chi connectivity index (χ4n) is 4.31. The molecule has 2 aromatic heterocycles. The fraction of sp³-hybridized carbons (Fsp3) is 0.571. The predicted molar refractivity (Wildman–Crippen MR) is 109 cm³/mol. The van der Waals surface area contributed by atoms with Crippen LogP contribution in [0.2, 0.25) is 0 Å². The Labute approximate surface area is 166 Å². The van der Waals surface area contributed by atoms with Crippen LogP contribution in [0.25, 0.3) is 10.9 Å². The smallest absolute Gasteiger partial charge is 0.166 e. The van der Waals surface area contributed by atoms with Gasteiger partial charge < -0.3 is 14.5 Å². The molecule has 0 N–H and O–H groups in total. The molecule has 2 aromatic rings. The van der Waals surface area contributed by atoms with Crippen molar-refractivity contribution < 1.29 is 4.74 Å². The lowest BCUT2D eigenvalue weighted by molar-refractivity contribution is -0.0376. The van der Waals surface area contributed by atoms with E-state index in [1.54, 1.807) is 6.20 Å². The monoisotopic (exact) mass is 380 g/mol. The van der Waals surface area contributed by atoms with Gasteiger partial charge in [0.15, 0.2) is 5.69 Å². The van der Waals surface area contributed by atoms with Crippen LogP contribution < -0.4 is 4.90 Å². The first-order valence-electron chi connectivity index (χ1n) is 10.2. The van der Waals surface area contributed by atoms with E-state index in [1.807, 2.05) is 18.3 Å². The lowest BCUT2D eigenvalue weighted by Crippen LogP contribution is -2.54. The number of pyridine rings is 2. The Hall–Kier alpha value is -2.27. The molecule has 0 spiro atoms. The van der Waals surface area contributed by atoms with Gasteiger partial charge in [-0.05, 0) is 25.6 Å². The number of piperazine rings is 1. The van der Waals surface area contributed by atoms with Crippen LogP contribution in [0.5, 0.6) is 0 Å². The topological polar surface area (TPSA) is 68.5 Å². The molecule has 0 unspecified atom stereocenters. The maximum Gasteiger partial charge on any atom is 0.166 e. The molecule has 0 aromatic carbocycles. The second-order valence-electron chi connectivity index (χ2n) is 7.71. The van der Waals surface area contributed by atoms with Crippen LogP contribution in [-0.2, 0) is 4.74 Å². The Morgan fingerprint density at radius 3 is 2.71 bits per heavy atom. The van der Waals surface area contributed by atoms with Crippen LogP contribution in [0.4, 0.5) is 5.69 Å². The minimum atomic E-state index is 0.151. The van der Waals surface area contributed by atoms with Crippen LogP contribution >= 0.6 is 0 Å². The molecule has 2 saturated heterocycles. The first-order valence-corrected chi connectivity index (χ1v) is 10.2. The molecule has 4 heterocycles. The maximum atomic E-state index is 9.34. The largest absolute Gasteiger partial charge is 0.370 e. The second-order valence-corrected chi connectivity index (χ2v) is 7.71. The van der Waals surface area contributed by atoms with Gasteiger partial charge in [-0.3, -0.25) is 9.88 Å². The highest BCUT2D eigenvalue weighted by atomic mass is 16.5. The van der Waals surface area contributed by atoms with Crippen molar-refractivity contribution in [3.05, 3.63) is 30.2 Å². The third kappa shape index (κ3) is 3.95. The van der Waals surface area contributed by atoms with Gasteiger partial charge in [-0.1, -0.05) is 6.92 Å². The molecule has 28 heavy (non-hydrogen) atoms. The third-order valence-electron chi connectivity index (χ3n) is 5.77. The van der Waals surface area contributed by atoms with E-state index in [0.29, 0.717) is 11.2 Å². The molecule has 4 rings (SSSR count). The zero-order chi connectivity index (χ0) is 19.5. The highest BCUT2D eigenvalue weighted by Gasteiger charge is 2.29. The number of ether oxygens (including phenoxy) is 1. The number of rotatable bonds is 4. The summed E-state index contributed by atoms with van der Waals surface area (Å²) in [5, 5.41) is 10.3. The van der Waals surface area contributed by atoms with Gasteiger partial charge in [-0.25, -0.2) is 4.98 Å². The highest BCUT2D eigenvalue weighted by Crippen LogP contribution is 2.29. The average molecular weight is 380 g/mol. The number of hydrogen-bond acceptors (Lipinski definition) is 7. The minimum Gasteiger partial charge on any atom is -0.370 e. The quantitative estimate of drug-likeness (QED) is 0.800. The van der Waals surface area contributed by atoms with Gasteiger partial charge >= 0.3 is 0 Å². The van der Waals surface area contributed by atoms with Crippen LogP contribution in [0.1, 0.15) is 19.5 Å². The summed E-state index contributed by atoms with van der Waals surface area (Å²) in [6, 6.07) is 6.10. The maximum absolute atomic E-state index is 9.34. The van der Waals surface area contributed by atoms with Crippen molar-refractivity contribution in [1.29, 1.82) is 5.26 Å². The molecule has 7 nitrogen and oxygen atoms in total. The van der Waals surface area contributed by atoms with Crippen molar-refractivity contribution in [3.8, 4) is 6.07 Å². The van der Waals surface area contributed by atoms with Crippen molar-refractivity contribution in [2.24, 2.45) is 0 Å². The number of hydrogen-bond donors (Lipinski definition) is 0. The van der Waals surface area contributed by atoms with E-state index in [0.717, 1.165) is 63.4 Å². The summed E-state index contributed by atoms with van der Waals surface area (Å²) in [6.45, 7) is 12.6. The normalized spacial score (nSPS) is 24.4. The fourth-order valence-corrected chi connectivity index (χ4v) is 4.31. The van der Waals surface area contributed by atoms with Gasteiger partial charge in [-0.15, -0.1) is 0 Å². The minimum absolute atomic E-state index is 0.151. The first kappa shape index (κ1) is 19.1. The summed E-state index contributed by atoms with van der Waals surface area (Å²) in [5.41, 5.74) is 2.10. The number of morpholine rings is 1. The lowest BCUT2D eigenvalue weighted by Gasteiger charge is -2.42. The van der Waals surface area contributed by atoms with Crippen molar-refractivity contribution in [1.82, 2.24) is 19.8 Å². The molecule has 2 aliphatic rings. The standard InChI is InChI=1S/C21H28N6O/c1-3-25-7-9-26(10-8-25)14-17-15-27(13-16(2)28-17)20-12-24-19(11-22)21-18(20)5-4-6-23-21/h4-6,12,16-17H,3,7-10,13-15H2,1-2H3/t16-,17+/m1/s1. The number of nitrogens with zero attached hydrogens (tertiary/aromatic N) is 6. The van der Waals surface area contributed by atoms with Crippen LogP contribution in [0.3, 0.4) is 0 Å². The molecule has 0 bridgehead atoms. The molecule has 2 fully saturated rings. The molecule has 2 atom stereocenters. The van der Waals surface area contributed by atoms with E-state index in [9.17, 15) is 5.26 Å². The molecule has 0 radical (unpaired) electrons. The molecule has 7 heteroatoms. The first-order chi connectivity index (χ1) is 13.7. The molecular weight excluding hydrogens is 352 g/mol. The molecule has 2 aliphatic heterocycles. The van der Waals surface area contributed by atoms with Crippen LogP contribution in [-0.4, -0.2) is 84.3 Å². The van der Waals surface area contributed by atoms with Gasteiger partial charge in [0.05, 0.1) is 24.1 Å². The average Bonchev–Trinajstić information content (AvgIpc) is 2.73. The van der Waals surface area contributed by atoms with Crippen LogP contribution in [0, 0.1) is 11.3 Å². The van der Waals surface area contributed by atoms with Crippen molar-refractivity contribution in [2.75, 3.05) is 57.3 Å². The van der Waals surface area contributed by atoms with E-state index >= 15 is 0 Å².